The number of aromatic nitrogens is 5. The molecular weight excluding hydrogens is 538 g/mol. The minimum absolute atomic E-state index is 0.108. The van der Waals surface area contributed by atoms with Gasteiger partial charge < -0.3 is 20.1 Å². The van der Waals surface area contributed by atoms with Gasteiger partial charge in [0.25, 0.3) is 5.91 Å². The van der Waals surface area contributed by atoms with E-state index in [0.29, 0.717) is 43.2 Å². The molecule has 1 unspecified atom stereocenters. The number of piperidine rings is 1. The molecule has 2 aliphatic carbocycles. The molecule has 11 heteroatoms. The zero-order valence-electron chi connectivity index (χ0n) is 24.8. The van der Waals surface area contributed by atoms with E-state index in [0.717, 1.165) is 66.8 Å². The highest BCUT2D eigenvalue weighted by atomic mass is 32.3. The highest BCUT2D eigenvalue weighted by Crippen LogP contribution is 2.51. The highest BCUT2D eigenvalue weighted by Gasteiger charge is 2.55. The number of anilines is 1. The third-order valence-corrected chi connectivity index (χ3v) is 10.4. The molecule has 3 aliphatic rings. The number of aryl methyl sites for hydroxylation is 1. The number of carbonyl (C=O) groups is 1. The fourth-order valence-corrected chi connectivity index (χ4v) is 6.98. The fourth-order valence-electron chi connectivity index (χ4n) is 6.36. The molecule has 4 atom stereocenters. The van der Waals surface area contributed by atoms with Gasteiger partial charge in [0.05, 0.1) is 36.6 Å². The van der Waals surface area contributed by atoms with Crippen molar-refractivity contribution in [2.75, 3.05) is 55.7 Å². The molecule has 1 saturated carbocycles. The molecule has 2 fully saturated rings. The molecule has 4 heterocycles. The van der Waals surface area contributed by atoms with E-state index in [9.17, 15) is 9.90 Å². The Kier molecular flexibility index (Phi) is 7.63. The van der Waals surface area contributed by atoms with Crippen LogP contribution in [0.15, 0.2) is 24.5 Å². The van der Waals surface area contributed by atoms with E-state index < -0.39 is 10.0 Å². The van der Waals surface area contributed by atoms with Crippen molar-refractivity contribution < 1.29 is 14.6 Å². The van der Waals surface area contributed by atoms with Crippen molar-refractivity contribution in [3.05, 3.63) is 58.3 Å². The summed E-state index contributed by atoms with van der Waals surface area (Å²) in [6.07, 6.45) is 12.1. The number of hydrogen-bond acceptors (Lipinski definition) is 7. The summed E-state index contributed by atoms with van der Waals surface area (Å²) in [5.41, 5.74) is 5.89. The van der Waals surface area contributed by atoms with Crippen molar-refractivity contribution in [2.24, 2.45) is 17.8 Å². The first-order valence-electron chi connectivity index (χ1n) is 14.6. The topological polar surface area (TPSA) is 110 Å². The van der Waals surface area contributed by atoms with E-state index >= 15 is 0 Å². The number of nitrogens with zero attached hydrogens (tertiary/aromatic N) is 6. The second-order valence-corrected chi connectivity index (χ2v) is 17.4. The molecule has 1 saturated heterocycles. The van der Waals surface area contributed by atoms with Gasteiger partial charge in [0, 0.05) is 43.0 Å². The van der Waals surface area contributed by atoms with Gasteiger partial charge in [-0.2, -0.15) is 10.2 Å². The molecule has 0 radical (unpaired) electrons. The van der Waals surface area contributed by atoms with E-state index in [4.69, 9.17) is 14.8 Å². The van der Waals surface area contributed by atoms with Crippen LogP contribution in [0.1, 0.15) is 51.0 Å². The first kappa shape index (κ1) is 28.2. The number of ether oxygens (including phenoxy) is 1. The van der Waals surface area contributed by atoms with Crippen LogP contribution in [-0.2, 0) is 24.4 Å². The summed E-state index contributed by atoms with van der Waals surface area (Å²) in [6.45, 7) is 8.11. The Hall–Kier alpha value is -2.89. The summed E-state index contributed by atoms with van der Waals surface area (Å²) in [4.78, 5) is 20.3. The van der Waals surface area contributed by atoms with Gasteiger partial charge in [0.2, 0.25) is 0 Å². The number of carbonyl (C=O) groups excluding carboxylic acids is 1. The monoisotopic (exact) mass is 581 g/mol. The van der Waals surface area contributed by atoms with Gasteiger partial charge in [-0.25, -0.2) is 19.7 Å². The number of hydrogen-bond donors (Lipinski definition) is 2. The average molecular weight is 582 g/mol. The lowest BCUT2D eigenvalue weighted by Crippen LogP contribution is -2.27. The van der Waals surface area contributed by atoms with Crippen molar-refractivity contribution in [3.63, 3.8) is 0 Å². The molecule has 0 bridgehead atoms. The minimum atomic E-state index is -0.580. The Labute approximate surface area is 243 Å². The predicted octanol–water partition coefficient (Wildman–Crippen LogP) is 2.90. The second kappa shape index (κ2) is 11.1. The van der Waals surface area contributed by atoms with Crippen LogP contribution in [0.25, 0.3) is 0 Å². The zero-order chi connectivity index (χ0) is 28.9. The van der Waals surface area contributed by atoms with Gasteiger partial charge in [-0.1, -0.05) is 6.07 Å². The van der Waals surface area contributed by atoms with Crippen LogP contribution in [0.5, 0.6) is 0 Å². The standard InChI is InChI=1S/C30H43N7O3S/c1-19-21(6-9-28(32-19)35-15-24-25(16-35)26(24)17-38)13-36-14-22(12-31-36)30(39)33-27-8-7-23-20(2)37(34-29(23)27)18-40-10-11-41(3,4)5/h6,9,12,14,24-27,38H,7-8,10-11,13,15-18H2,1-5H3,(H,33,39)/t24-,25?,26-,27-/m1/s1. The maximum absolute atomic E-state index is 13.2. The van der Waals surface area contributed by atoms with Gasteiger partial charge in [0.15, 0.2) is 0 Å². The maximum atomic E-state index is 13.2. The number of amides is 1. The normalized spacial score (nSPS) is 23.5. The van der Waals surface area contributed by atoms with Crippen molar-refractivity contribution in [2.45, 2.75) is 46.0 Å². The van der Waals surface area contributed by atoms with E-state index in [1.807, 2.05) is 11.6 Å². The number of nitrogens with one attached hydrogen (secondary N) is 1. The largest absolute Gasteiger partial charge is 0.396 e. The molecule has 10 nitrogen and oxygen atoms in total. The summed E-state index contributed by atoms with van der Waals surface area (Å²) < 4.78 is 9.64. The SMILES string of the molecule is Cc1nc(N2CC3[C@@H](C2)[C@H]3CO)ccc1Cn1cc(C(=O)N[C@@H]2CCc3c2nn(COCCS(C)(C)C)c3C)cn1. The molecule has 0 spiro atoms. The van der Waals surface area contributed by atoms with Crippen LogP contribution in [0.3, 0.4) is 0 Å². The van der Waals surface area contributed by atoms with Gasteiger partial charge in [-0.3, -0.25) is 9.48 Å². The smallest absolute Gasteiger partial charge is 0.255 e. The Morgan fingerprint density at radius 1 is 1.20 bits per heavy atom. The van der Waals surface area contributed by atoms with Crippen LogP contribution in [0, 0.1) is 31.6 Å². The fraction of sp³-hybridized carbons (Fsp3) is 0.600. The second-order valence-electron chi connectivity index (χ2n) is 12.8. The van der Waals surface area contributed by atoms with Crippen LogP contribution < -0.4 is 10.2 Å². The van der Waals surface area contributed by atoms with Gasteiger partial charge in [0.1, 0.15) is 12.5 Å². The molecule has 1 amide bonds. The average Bonchev–Trinajstić information content (AvgIpc) is 3.44. The first-order valence-corrected chi connectivity index (χ1v) is 17.6. The summed E-state index contributed by atoms with van der Waals surface area (Å²) >= 11 is 0. The Morgan fingerprint density at radius 3 is 2.68 bits per heavy atom. The third-order valence-electron chi connectivity index (χ3n) is 9.05. The van der Waals surface area contributed by atoms with Crippen molar-refractivity contribution in [1.29, 1.82) is 0 Å². The summed E-state index contributed by atoms with van der Waals surface area (Å²) in [5, 5.41) is 21.9. The molecule has 3 aromatic rings. The van der Waals surface area contributed by atoms with E-state index in [-0.39, 0.29) is 11.9 Å². The molecule has 0 aromatic carbocycles. The van der Waals surface area contributed by atoms with Gasteiger partial charge in [-0.15, -0.1) is 0 Å². The minimum Gasteiger partial charge on any atom is -0.396 e. The Morgan fingerprint density at radius 2 is 1.98 bits per heavy atom. The number of pyridine rings is 1. The lowest BCUT2D eigenvalue weighted by molar-refractivity contribution is 0.0786. The highest BCUT2D eigenvalue weighted by molar-refractivity contribution is 8.32. The molecule has 3 aromatic heterocycles. The van der Waals surface area contributed by atoms with Gasteiger partial charge in [-0.05, 0) is 80.4 Å². The van der Waals surface area contributed by atoms with Crippen molar-refractivity contribution in [1.82, 2.24) is 29.9 Å². The van der Waals surface area contributed by atoms with Crippen LogP contribution in [-0.4, -0.2) is 86.4 Å². The molecule has 6 rings (SSSR count). The molecule has 1 aliphatic heterocycles. The predicted molar refractivity (Wildman–Crippen MR) is 162 cm³/mol. The Bertz CT molecular complexity index is 1420. The van der Waals surface area contributed by atoms with Crippen LogP contribution >= 0.6 is 10.0 Å². The number of fused-ring (bicyclic) bond motifs is 2. The number of aliphatic hydroxyl groups excluding tert-OH is 1. The van der Waals surface area contributed by atoms with Crippen molar-refractivity contribution in [3.8, 4) is 0 Å². The summed E-state index contributed by atoms with van der Waals surface area (Å²) in [5.74, 6) is 3.66. The first-order chi connectivity index (χ1) is 19.6. The summed E-state index contributed by atoms with van der Waals surface area (Å²) in [7, 11) is -0.580. The zero-order valence-corrected chi connectivity index (χ0v) is 25.7. The van der Waals surface area contributed by atoms with E-state index in [1.165, 1.54) is 5.56 Å². The quantitative estimate of drug-likeness (QED) is 0.335. The van der Waals surface area contributed by atoms with Crippen LogP contribution in [0.4, 0.5) is 5.82 Å². The molecule has 2 N–H and O–H groups in total. The Balaban J connectivity index is 1.04. The molecule has 222 valence electrons. The lowest BCUT2D eigenvalue weighted by atomic mass is 10.2. The molecular formula is C30H43N7O3S. The molecule has 41 heavy (non-hydrogen) atoms. The van der Waals surface area contributed by atoms with Crippen LogP contribution in [0.2, 0.25) is 0 Å². The van der Waals surface area contributed by atoms with E-state index in [1.54, 1.807) is 17.1 Å². The summed E-state index contributed by atoms with van der Waals surface area (Å²) in [6, 6.07) is 4.08. The third kappa shape index (κ3) is 5.89. The lowest BCUT2D eigenvalue weighted by Gasteiger charge is -2.24. The number of aliphatic hydroxyl groups is 1. The maximum Gasteiger partial charge on any atom is 0.255 e. The van der Waals surface area contributed by atoms with E-state index in [2.05, 4.69) is 53.1 Å². The number of rotatable bonds is 11. The van der Waals surface area contributed by atoms with Gasteiger partial charge >= 0.3 is 0 Å². The van der Waals surface area contributed by atoms with Crippen molar-refractivity contribution >= 4 is 21.8 Å².